The first-order valence-corrected chi connectivity index (χ1v) is 6.45. The lowest BCUT2D eigenvalue weighted by atomic mass is 10.00. The Bertz CT molecular complexity index is 458. The van der Waals surface area contributed by atoms with E-state index in [-0.39, 0.29) is 12.2 Å². The van der Waals surface area contributed by atoms with Gasteiger partial charge in [0.1, 0.15) is 5.75 Å². The van der Waals surface area contributed by atoms with E-state index in [1.54, 1.807) is 0 Å². The van der Waals surface area contributed by atoms with Crippen molar-refractivity contribution in [3.05, 3.63) is 27.7 Å². The molecule has 0 aliphatic carbocycles. The lowest BCUT2D eigenvalue weighted by Gasteiger charge is -2.24. The first-order valence-electron chi connectivity index (χ1n) is 5.66. The SMILES string of the molecule is Cc1cc(Br)cc(CNC(C)(C)CC(=O)O)c1O. The average molecular weight is 316 g/mol. The summed E-state index contributed by atoms with van der Waals surface area (Å²) in [5.74, 6) is -0.598. The van der Waals surface area contributed by atoms with Gasteiger partial charge in [0.05, 0.1) is 6.42 Å². The highest BCUT2D eigenvalue weighted by atomic mass is 79.9. The molecule has 1 aromatic rings. The van der Waals surface area contributed by atoms with Gasteiger partial charge in [-0.15, -0.1) is 0 Å². The fourth-order valence-corrected chi connectivity index (χ4v) is 2.33. The number of aromatic hydroxyl groups is 1. The van der Waals surface area contributed by atoms with E-state index >= 15 is 0 Å². The van der Waals surface area contributed by atoms with Crippen LogP contribution in [-0.4, -0.2) is 21.7 Å². The molecule has 18 heavy (non-hydrogen) atoms. The van der Waals surface area contributed by atoms with Crippen molar-refractivity contribution < 1.29 is 15.0 Å². The van der Waals surface area contributed by atoms with E-state index < -0.39 is 11.5 Å². The Morgan fingerprint density at radius 2 is 2.06 bits per heavy atom. The van der Waals surface area contributed by atoms with Gasteiger partial charge in [-0.25, -0.2) is 0 Å². The maximum absolute atomic E-state index is 10.7. The van der Waals surface area contributed by atoms with E-state index in [0.29, 0.717) is 6.54 Å². The van der Waals surface area contributed by atoms with Crippen LogP contribution in [0, 0.1) is 6.92 Å². The average Bonchev–Trinajstić information content (AvgIpc) is 2.19. The van der Waals surface area contributed by atoms with Crippen LogP contribution in [0.5, 0.6) is 5.75 Å². The molecule has 0 heterocycles. The molecule has 5 heteroatoms. The largest absolute Gasteiger partial charge is 0.507 e. The van der Waals surface area contributed by atoms with E-state index in [1.807, 2.05) is 32.9 Å². The molecule has 0 spiro atoms. The summed E-state index contributed by atoms with van der Waals surface area (Å²) < 4.78 is 0.894. The summed E-state index contributed by atoms with van der Waals surface area (Å²) in [6.45, 7) is 5.89. The smallest absolute Gasteiger partial charge is 0.305 e. The van der Waals surface area contributed by atoms with Crippen LogP contribution in [0.1, 0.15) is 31.4 Å². The van der Waals surface area contributed by atoms with Crippen LogP contribution in [0.3, 0.4) is 0 Å². The Morgan fingerprint density at radius 1 is 1.44 bits per heavy atom. The standard InChI is InChI=1S/C13H18BrNO3/c1-8-4-10(14)5-9(12(8)18)7-15-13(2,3)6-11(16)17/h4-5,15,18H,6-7H2,1-3H3,(H,16,17). The Labute approximate surface area is 115 Å². The number of carbonyl (C=O) groups is 1. The van der Waals surface area contributed by atoms with Gasteiger partial charge in [0.15, 0.2) is 0 Å². The van der Waals surface area contributed by atoms with Crippen LogP contribution < -0.4 is 5.32 Å². The molecule has 0 aromatic heterocycles. The second-order valence-corrected chi connectivity index (χ2v) is 5.95. The Hall–Kier alpha value is -1.07. The summed E-state index contributed by atoms with van der Waals surface area (Å²) >= 11 is 3.37. The van der Waals surface area contributed by atoms with E-state index in [1.165, 1.54) is 0 Å². The summed E-state index contributed by atoms with van der Waals surface area (Å²) in [5.41, 5.74) is 1.02. The highest BCUT2D eigenvalue weighted by Crippen LogP contribution is 2.27. The number of phenols is 1. The number of aryl methyl sites for hydroxylation is 1. The highest BCUT2D eigenvalue weighted by molar-refractivity contribution is 9.10. The molecule has 0 aliphatic rings. The number of hydrogen-bond acceptors (Lipinski definition) is 3. The fourth-order valence-electron chi connectivity index (χ4n) is 1.71. The summed E-state index contributed by atoms with van der Waals surface area (Å²) in [6, 6.07) is 3.66. The fraction of sp³-hybridized carbons (Fsp3) is 0.462. The highest BCUT2D eigenvalue weighted by Gasteiger charge is 2.21. The zero-order valence-corrected chi connectivity index (χ0v) is 12.3. The number of aliphatic carboxylic acids is 1. The van der Waals surface area contributed by atoms with Crippen molar-refractivity contribution in [1.82, 2.24) is 5.32 Å². The Balaban J connectivity index is 2.77. The van der Waals surface area contributed by atoms with Crippen molar-refractivity contribution in [3.63, 3.8) is 0 Å². The van der Waals surface area contributed by atoms with Gasteiger partial charge in [-0.2, -0.15) is 0 Å². The second-order valence-electron chi connectivity index (χ2n) is 5.04. The molecule has 0 aliphatic heterocycles. The van der Waals surface area contributed by atoms with Crippen molar-refractivity contribution in [3.8, 4) is 5.75 Å². The van der Waals surface area contributed by atoms with Crippen LogP contribution in [0.25, 0.3) is 0 Å². The quantitative estimate of drug-likeness (QED) is 0.781. The predicted molar refractivity (Wildman–Crippen MR) is 73.7 cm³/mol. The number of rotatable bonds is 5. The number of carboxylic acids is 1. The molecule has 0 amide bonds. The van der Waals surface area contributed by atoms with Gasteiger partial charge in [-0.3, -0.25) is 4.79 Å². The first kappa shape index (κ1) is 15.0. The van der Waals surface area contributed by atoms with E-state index in [2.05, 4.69) is 21.2 Å². The maximum atomic E-state index is 10.7. The van der Waals surface area contributed by atoms with E-state index in [0.717, 1.165) is 15.6 Å². The molecular weight excluding hydrogens is 298 g/mol. The molecule has 1 aromatic carbocycles. The lowest BCUT2D eigenvalue weighted by Crippen LogP contribution is -2.40. The van der Waals surface area contributed by atoms with Crippen molar-refractivity contribution in [2.45, 2.75) is 39.3 Å². The van der Waals surface area contributed by atoms with Gasteiger partial charge < -0.3 is 15.5 Å². The number of carboxylic acid groups (broad SMARTS) is 1. The van der Waals surface area contributed by atoms with Crippen molar-refractivity contribution in [2.75, 3.05) is 0 Å². The van der Waals surface area contributed by atoms with Crippen LogP contribution >= 0.6 is 15.9 Å². The molecule has 0 atom stereocenters. The summed E-state index contributed by atoms with van der Waals surface area (Å²) in [4.78, 5) is 10.7. The van der Waals surface area contributed by atoms with Crippen molar-refractivity contribution in [2.24, 2.45) is 0 Å². The van der Waals surface area contributed by atoms with Crippen molar-refractivity contribution in [1.29, 1.82) is 0 Å². The number of benzene rings is 1. The molecule has 100 valence electrons. The minimum absolute atomic E-state index is 0.0285. The summed E-state index contributed by atoms with van der Waals surface area (Å²) in [6.07, 6.45) is 0.0285. The zero-order valence-electron chi connectivity index (χ0n) is 10.7. The number of hydrogen-bond donors (Lipinski definition) is 3. The zero-order chi connectivity index (χ0) is 13.9. The molecular formula is C13H18BrNO3. The van der Waals surface area contributed by atoms with Crippen LogP contribution in [0.4, 0.5) is 0 Å². The Morgan fingerprint density at radius 3 is 2.61 bits per heavy atom. The third-order valence-electron chi connectivity index (χ3n) is 2.69. The predicted octanol–water partition coefficient (Wildman–Crippen LogP) is 2.81. The second kappa shape index (κ2) is 5.71. The molecule has 3 N–H and O–H groups in total. The molecule has 0 fully saturated rings. The van der Waals surface area contributed by atoms with Crippen molar-refractivity contribution >= 4 is 21.9 Å². The lowest BCUT2D eigenvalue weighted by molar-refractivity contribution is -0.138. The van der Waals surface area contributed by atoms with Crippen LogP contribution in [-0.2, 0) is 11.3 Å². The third kappa shape index (κ3) is 4.31. The topological polar surface area (TPSA) is 69.6 Å². The van der Waals surface area contributed by atoms with Gasteiger partial charge in [0.25, 0.3) is 0 Å². The number of nitrogens with one attached hydrogen (secondary N) is 1. The van der Waals surface area contributed by atoms with Crippen LogP contribution in [0.2, 0.25) is 0 Å². The monoisotopic (exact) mass is 315 g/mol. The van der Waals surface area contributed by atoms with E-state index in [9.17, 15) is 9.90 Å². The summed E-state index contributed by atoms with van der Waals surface area (Å²) in [7, 11) is 0. The summed E-state index contributed by atoms with van der Waals surface area (Å²) in [5, 5.41) is 21.9. The molecule has 0 saturated heterocycles. The molecule has 0 unspecified atom stereocenters. The number of halogens is 1. The first-order chi connectivity index (χ1) is 8.21. The minimum Gasteiger partial charge on any atom is -0.507 e. The minimum atomic E-state index is -0.845. The van der Waals surface area contributed by atoms with E-state index in [4.69, 9.17) is 5.11 Å². The molecule has 0 bridgehead atoms. The van der Waals surface area contributed by atoms with Gasteiger partial charge >= 0.3 is 5.97 Å². The Kier molecular flexibility index (Phi) is 4.76. The molecule has 1 rings (SSSR count). The normalized spacial score (nSPS) is 11.6. The molecule has 0 radical (unpaired) electrons. The molecule has 0 saturated carbocycles. The third-order valence-corrected chi connectivity index (χ3v) is 3.15. The molecule has 4 nitrogen and oxygen atoms in total. The van der Waals surface area contributed by atoms with Gasteiger partial charge in [0, 0.05) is 22.1 Å². The van der Waals surface area contributed by atoms with Gasteiger partial charge in [-0.1, -0.05) is 15.9 Å². The van der Waals surface area contributed by atoms with Gasteiger partial charge in [-0.05, 0) is 38.5 Å². The number of phenolic OH excluding ortho intramolecular Hbond substituents is 1. The van der Waals surface area contributed by atoms with Gasteiger partial charge in [0.2, 0.25) is 0 Å². The maximum Gasteiger partial charge on any atom is 0.305 e. The van der Waals surface area contributed by atoms with Crippen LogP contribution in [0.15, 0.2) is 16.6 Å².